The summed E-state index contributed by atoms with van der Waals surface area (Å²) in [5.74, 6) is 0.592. The molecule has 1 heterocycles. The molecule has 4 nitrogen and oxygen atoms in total. The minimum Gasteiger partial charge on any atom is -0.365 e. The van der Waals surface area contributed by atoms with E-state index in [1.807, 2.05) is 6.92 Å². The summed E-state index contributed by atoms with van der Waals surface area (Å²) in [5, 5.41) is 6.55. The van der Waals surface area contributed by atoms with Crippen molar-refractivity contribution >= 4 is 18.3 Å². The molecule has 2 fully saturated rings. The van der Waals surface area contributed by atoms with Gasteiger partial charge in [-0.15, -0.1) is 12.4 Å². The zero-order chi connectivity index (χ0) is 13.7. The molecule has 1 aliphatic heterocycles. The third-order valence-corrected chi connectivity index (χ3v) is 4.44. The van der Waals surface area contributed by atoms with Crippen LogP contribution in [0.2, 0.25) is 0 Å². The predicted octanol–water partition coefficient (Wildman–Crippen LogP) is 2.26. The number of carbonyl (C=O) groups excluding carboxylic acids is 1. The van der Waals surface area contributed by atoms with Gasteiger partial charge in [0.05, 0.1) is 6.10 Å². The largest absolute Gasteiger partial charge is 0.365 e. The maximum absolute atomic E-state index is 12.3. The van der Waals surface area contributed by atoms with Crippen LogP contribution >= 0.6 is 12.4 Å². The molecule has 1 saturated carbocycles. The number of amides is 1. The van der Waals surface area contributed by atoms with Crippen LogP contribution in [0.15, 0.2) is 0 Å². The molecule has 3 atom stereocenters. The number of ether oxygens (including phenoxy) is 1. The van der Waals surface area contributed by atoms with Crippen LogP contribution < -0.4 is 10.6 Å². The molecule has 20 heavy (non-hydrogen) atoms. The van der Waals surface area contributed by atoms with Gasteiger partial charge in [-0.1, -0.05) is 26.7 Å². The molecule has 0 bridgehead atoms. The van der Waals surface area contributed by atoms with Gasteiger partial charge >= 0.3 is 0 Å². The average molecular weight is 305 g/mol. The quantitative estimate of drug-likeness (QED) is 0.819. The molecule has 0 aromatic rings. The summed E-state index contributed by atoms with van der Waals surface area (Å²) in [6.45, 7) is 6.21. The van der Waals surface area contributed by atoms with Crippen molar-refractivity contribution in [1.29, 1.82) is 0 Å². The van der Waals surface area contributed by atoms with Crippen molar-refractivity contribution < 1.29 is 9.53 Å². The smallest absolute Gasteiger partial charge is 0.249 e. The minimum atomic E-state index is -0.259. The number of halogens is 1. The first-order chi connectivity index (χ1) is 9.20. The highest BCUT2D eigenvalue weighted by atomic mass is 35.5. The lowest BCUT2D eigenvalue weighted by molar-refractivity contribution is -0.138. The Balaban J connectivity index is 0.00000200. The lowest BCUT2D eigenvalue weighted by Crippen LogP contribution is -2.51. The molecule has 118 valence electrons. The first-order valence-corrected chi connectivity index (χ1v) is 7.87. The van der Waals surface area contributed by atoms with Crippen LogP contribution in [0.1, 0.15) is 52.4 Å². The standard InChI is InChI=1S/C15H28N2O2.ClH/c1-3-14(19-12-6-4-5-7-12)15(18)17-13-8-9-16-10-11(13)2;/h11-14,16H,3-10H2,1-2H3,(H,17,18);1H. The molecule has 3 unspecified atom stereocenters. The van der Waals surface area contributed by atoms with Gasteiger partial charge in [0.2, 0.25) is 5.91 Å². The van der Waals surface area contributed by atoms with Crippen molar-refractivity contribution in [2.45, 2.75) is 70.6 Å². The average Bonchev–Trinajstić information content (AvgIpc) is 2.91. The first kappa shape index (κ1) is 17.7. The molecule has 0 aromatic carbocycles. The Kier molecular flexibility index (Phi) is 7.85. The summed E-state index contributed by atoms with van der Waals surface area (Å²) in [5.41, 5.74) is 0. The number of carbonyl (C=O) groups is 1. The molecule has 2 N–H and O–H groups in total. The summed E-state index contributed by atoms with van der Waals surface area (Å²) in [6, 6.07) is 0.301. The lowest BCUT2D eigenvalue weighted by Gasteiger charge is -2.31. The molecule has 5 heteroatoms. The Morgan fingerprint density at radius 3 is 2.65 bits per heavy atom. The van der Waals surface area contributed by atoms with Crippen molar-refractivity contribution in [3.63, 3.8) is 0 Å². The number of piperidine rings is 1. The molecule has 1 aliphatic carbocycles. The predicted molar refractivity (Wildman–Crippen MR) is 83.2 cm³/mol. The van der Waals surface area contributed by atoms with E-state index in [-0.39, 0.29) is 24.4 Å². The van der Waals surface area contributed by atoms with E-state index in [0.29, 0.717) is 18.1 Å². The van der Waals surface area contributed by atoms with Gasteiger partial charge in [-0.25, -0.2) is 0 Å². The third-order valence-electron chi connectivity index (χ3n) is 4.44. The van der Waals surface area contributed by atoms with E-state index in [9.17, 15) is 4.79 Å². The fourth-order valence-electron chi connectivity index (χ4n) is 3.10. The van der Waals surface area contributed by atoms with Crippen LogP contribution in [0.4, 0.5) is 0 Å². The second-order valence-corrected chi connectivity index (χ2v) is 6.02. The zero-order valence-electron chi connectivity index (χ0n) is 12.7. The molecule has 0 radical (unpaired) electrons. The normalized spacial score (nSPS) is 28.7. The molecule has 2 aliphatic rings. The second kappa shape index (κ2) is 8.85. The Bertz CT molecular complexity index is 296. The van der Waals surface area contributed by atoms with E-state index >= 15 is 0 Å². The van der Waals surface area contributed by atoms with Crippen LogP contribution in [-0.4, -0.2) is 37.2 Å². The summed E-state index contributed by atoms with van der Waals surface area (Å²) in [6.07, 6.45) is 6.56. The second-order valence-electron chi connectivity index (χ2n) is 6.02. The number of nitrogens with one attached hydrogen (secondary N) is 2. The van der Waals surface area contributed by atoms with E-state index in [1.165, 1.54) is 12.8 Å². The molecule has 2 rings (SSSR count). The minimum absolute atomic E-state index is 0. The fraction of sp³-hybridized carbons (Fsp3) is 0.933. The Morgan fingerprint density at radius 2 is 2.05 bits per heavy atom. The Labute approximate surface area is 128 Å². The van der Waals surface area contributed by atoms with Crippen LogP contribution in [0, 0.1) is 5.92 Å². The fourth-order valence-corrected chi connectivity index (χ4v) is 3.10. The van der Waals surface area contributed by atoms with E-state index in [0.717, 1.165) is 38.8 Å². The monoisotopic (exact) mass is 304 g/mol. The van der Waals surface area contributed by atoms with Gasteiger partial charge in [0.15, 0.2) is 0 Å². The van der Waals surface area contributed by atoms with Gasteiger partial charge in [0.25, 0.3) is 0 Å². The molecule has 1 saturated heterocycles. The van der Waals surface area contributed by atoms with Crippen LogP contribution in [0.3, 0.4) is 0 Å². The third kappa shape index (κ3) is 4.90. The van der Waals surface area contributed by atoms with Gasteiger partial charge in [0, 0.05) is 6.04 Å². The summed E-state index contributed by atoms with van der Waals surface area (Å²) in [7, 11) is 0. The van der Waals surface area contributed by atoms with E-state index in [2.05, 4.69) is 17.6 Å². The van der Waals surface area contributed by atoms with Crippen LogP contribution in [-0.2, 0) is 9.53 Å². The van der Waals surface area contributed by atoms with Crippen molar-refractivity contribution in [1.82, 2.24) is 10.6 Å². The maximum atomic E-state index is 12.3. The Morgan fingerprint density at radius 1 is 1.35 bits per heavy atom. The van der Waals surface area contributed by atoms with E-state index in [1.54, 1.807) is 0 Å². The van der Waals surface area contributed by atoms with Crippen LogP contribution in [0.25, 0.3) is 0 Å². The zero-order valence-corrected chi connectivity index (χ0v) is 13.5. The first-order valence-electron chi connectivity index (χ1n) is 7.87. The summed E-state index contributed by atoms with van der Waals surface area (Å²) >= 11 is 0. The number of rotatable bonds is 5. The van der Waals surface area contributed by atoms with Crippen LogP contribution in [0.5, 0.6) is 0 Å². The van der Waals surface area contributed by atoms with Gasteiger partial charge < -0.3 is 15.4 Å². The van der Waals surface area contributed by atoms with Crippen molar-refractivity contribution in [3.8, 4) is 0 Å². The van der Waals surface area contributed by atoms with Crippen molar-refractivity contribution in [2.75, 3.05) is 13.1 Å². The number of hydrogen-bond acceptors (Lipinski definition) is 3. The van der Waals surface area contributed by atoms with Gasteiger partial charge in [-0.2, -0.15) is 0 Å². The maximum Gasteiger partial charge on any atom is 0.249 e. The lowest BCUT2D eigenvalue weighted by atomic mass is 9.95. The topological polar surface area (TPSA) is 50.4 Å². The summed E-state index contributed by atoms with van der Waals surface area (Å²) in [4.78, 5) is 12.3. The van der Waals surface area contributed by atoms with Crippen molar-refractivity contribution in [2.24, 2.45) is 5.92 Å². The highest BCUT2D eigenvalue weighted by molar-refractivity contribution is 5.85. The number of hydrogen-bond donors (Lipinski definition) is 2. The molecule has 0 spiro atoms. The SMILES string of the molecule is CCC(OC1CCCC1)C(=O)NC1CCNCC1C.Cl. The van der Waals surface area contributed by atoms with Gasteiger partial charge in [-0.3, -0.25) is 4.79 Å². The molecular formula is C15H29ClN2O2. The highest BCUT2D eigenvalue weighted by Crippen LogP contribution is 2.23. The van der Waals surface area contributed by atoms with Gasteiger partial charge in [0.1, 0.15) is 6.10 Å². The molecular weight excluding hydrogens is 276 g/mol. The van der Waals surface area contributed by atoms with Crippen molar-refractivity contribution in [3.05, 3.63) is 0 Å². The van der Waals surface area contributed by atoms with E-state index < -0.39 is 0 Å². The molecule has 0 aromatic heterocycles. The summed E-state index contributed by atoms with van der Waals surface area (Å²) < 4.78 is 5.97. The Hall–Kier alpha value is -0.320. The van der Waals surface area contributed by atoms with E-state index in [4.69, 9.17) is 4.74 Å². The highest BCUT2D eigenvalue weighted by Gasteiger charge is 2.28. The van der Waals surface area contributed by atoms with Gasteiger partial charge in [-0.05, 0) is 44.7 Å². The molecule has 1 amide bonds.